The summed E-state index contributed by atoms with van der Waals surface area (Å²) in [5.74, 6) is 2.98. The third kappa shape index (κ3) is 8.62. The van der Waals surface area contributed by atoms with E-state index < -0.39 is 0 Å². The van der Waals surface area contributed by atoms with Crippen LogP contribution in [0.4, 0.5) is 0 Å². The van der Waals surface area contributed by atoms with E-state index in [0.717, 1.165) is 30.6 Å². The van der Waals surface area contributed by atoms with E-state index in [-0.39, 0.29) is 29.5 Å². The molecule has 2 N–H and O–H groups in total. The summed E-state index contributed by atoms with van der Waals surface area (Å²) in [6.07, 6.45) is 5.98. The van der Waals surface area contributed by atoms with Crippen molar-refractivity contribution in [3.05, 3.63) is 12.7 Å². The Morgan fingerprint density at radius 1 is 1.27 bits per heavy atom. The molecule has 130 valence electrons. The van der Waals surface area contributed by atoms with Crippen molar-refractivity contribution in [1.82, 2.24) is 15.5 Å². The minimum absolute atomic E-state index is 0. The van der Waals surface area contributed by atoms with Gasteiger partial charge in [-0.1, -0.05) is 12.5 Å². The molecule has 0 unspecified atom stereocenters. The summed E-state index contributed by atoms with van der Waals surface area (Å²) >= 11 is 1.88. The van der Waals surface area contributed by atoms with E-state index in [4.69, 9.17) is 0 Å². The van der Waals surface area contributed by atoms with Gasteiger partial charge in [-0.05, 0) is 39.8 Å². The molecule has 0 aliphatic carbocycles. The summed E-state index contributed by atoms with van der Waals surface area (Å²) in [6.45, 7) is 12.7. The normalized spacial score (nSPS) is 16.8. The van der Waals surface area contributed by atoms with Gasteiger partial charge in [0.1, 0.15) is 0 Å². The maximum Gasteiger partial charge on any atom is 0.191 e. The molecule has 0 radical (unpaired) electrons. The van der Waals surface area contributed by atoms with Crippen LogP contribution in [-0.4, -0.2) is 61.1 Å². The molecule has 4 nitrogen and oxygen atoms in total. The lowest BCUT2D eigenvalue weighted by molar-refractivity contribution is 0.0982. The first kappa shape index (κ1) is 22.1. The summed E-state index contributed by atoms with van der Waals surface area (Å²) in [6, 6.07) is 0. The van der Waals surface area contributed by atoms with Gasteiger partial charge >= 0.3 is 0 Å². The lowest BCUT2D eigenvalue weighted by atomic mass is 9.98. The molecular weight excluding hydrogens is 407 g/mol. The van der Waals surface area contributed by atoms with Crippen LogP contribution in [0.2, 0.25) is 0 Å². The second-order valence-corrected chi connectivity index (χ2v) is 7.23. The fourth-order valence-corrected chi connectivity index (χ4v) is 3.12. The van der Waals surface area contributed by atoms with Gasteiger partial charge in [-0.25, -0.2) is 0 Å². The van der Waals surface area contributed by atoms with Gasteiger partial charge in [0.25, 0.3) is 0 Å². The largest absolute Gasteiger partial charge is 0.356 e. The maximum absolute atomic E-state index is 4.30. The van der Waals surface area contributed by atoms with Crippen LogP contribution < -0.4 is 10.6 Å². The third-order valence-corrected chi connectivity index (χ3v) is 4.86. The summed E-state index contributed by atoms with van der Waals surface area (Å²) in [5, 5.41) is 6.83. The van der Waals surface area contributed by atoms with E-state index in [1.54, 1.807) is 0 Å². The van der Waals surface area contributed by atoms with Crippen molar-refractivity contribution in [1.29, 1.82) is 0 Å². The average molecular weight is 440 g/mol. The van der Waals surface area contributed by atoms with Crippen molar-refractivity contribution in [2.24, 2.45) is 4.99 Å². The van der Waals surface area contributed by atoms with Gasteiger partial charge < -0.3 is 10.6 Å². The zero-order valence-corrected chi connectivity index (χ0v) is 17.5. The number of rotatable bonds is 8. The fraction of sp³-hybridized carbons (Fsp3) is 0.812. The van der Waals surface area contributed by atoms with Crippen LogP contribution in [0.3, 0.4) is 0 Å². The number of hydrogen-bond donors (Lipinski definition) is 2. The van der Waals surface area contributed by atoms with Gasteiger partial charge in [0.05, 0.1) is 0 Å². The second kappa shape index (κ2) is 12.5. The molecule has 0 aromatic carbocycles. The molecule has 1 saturated heterocycles. The Bertz CT molecular complexity index is 328. The predicted octanol–water partition coefficient (Wildman–Crippen LogP) is 2.95. The Balaban J connectivity index is 0.00000441. The van der Waals surface area contributed by atoms with E-state index in [1.165, 1.54) is 32.4 Å². The first-order chi connectivity index (χ1) is 10.1. The molecule has 0 bridgehead atoms. The molecule has 0 atom stereocenters. The molecule has 6 heteroatoms. The first-order valence-electron chi connectivity index (χ1n) is 7.98. The Morgan fingerprint density at radius 3 is 2.55 bits per heavy atom. The van der Waals surface area contributed by atoms with Crippen LogP contribution in [0.5, 0.6) is 0 Å². The monoisotopic (exact) mass is 440 g/mol. The molecular formula is C16H33IN4S. The number of piperidine rings is 1. The third-order valence-electron chi connectivity index (χ3n) is 3.90. The SMILES string of the molecule is C=CCSCCNC(=NC)NCC(C)(C)N1CCCCC1.I. The molecule has 22 heavy (non-hydrogen) atoms. The number of nitrogens with one attached hydrogen (secondary N) is 2. The summed E-state index contributed by atoms with van der Waals surface area (Å²) in [4.78, 5) is 6.89. The molecule has 1 heterocycles. The molecule has 1 rings (SSSR count). The molecule has 0 spiro atoms. The fourth-order valence-electron chi connectivity index (χ4n) is 2.54. The molecule has 0 amide bonds. The standard InChI is InChI=1S/C16H32N4S.HI/c1-5-12-21-13-9-18-15(17-4)19-14-16(2,3)20-10-7-6-8-11-20;/h5H,1,6-14H2,2-4H3,(H2,17,18,19);1H. The van der Waals surface area contributed by atoms with E-state index >= 15 is 0 Å². The number of thioether (sulfide) groups is 1. The van der Waals surface area contributed by atoms with Crippen molar-refractivity contribution in [3.63, 3.8) is 0 Å². The molecule has 0 aromatic heterocycles. The molecule has 1 aliphatic rings. The summed E-state index contributed by atoms with van der Waals surface area (Å²) < 4.78 is 0. The highest BCUT2D eigenvalue weighted by atomic mass is 127. The number of aliphatic imine (C=N–C) groups is 1. The Labute approximate surface area is 158 Å². The van der Waals surface area contributed by atoms with Gasteiger partial charge in [-0.2, -0.15) is 11.8 Å². The van der Waals surface area contributed by atoms with Crippen molar-refractivity contribution in [2.45, 2.75) is 38.6 Å². The Hall–Kier alpha value is 0.0500. The second-order valence-electron chi connectivity index (χ2n) is 6.08. The lowest BCUT2D eigenvalue weighted by Crippen LogP contribution is -2.55. The number of halogens is 1. The summed E-state index contributed by atoms with van der Waals surface area (Å²) in [7, 11) is 1.83. The van der Waals surface area contributed by atoms with E-state index in [0.29, 0.717) is 0 Å². The topological polar surface area (TPSA) is 39.7 Å². The summed E-state index contributed by atoms with van der Waals surface area (Å²) in [5.41, 5.74) is 0.176. The van der Waals surface area contributed by atoms with Crippen molar-refractivity contribution in [3.8, 4) is 0 Å². The van der Waals surface area contributed by atoms with Gasteiger partial charge in [0.2, 0.25) is 0 Å². The first-order valence-corrected chi connectivity index (χ1v) is 9.14. The van der Waals surface area contributed by atoms with Gasteiger partial charge in [-0.3, -0.25) is 9.89 Å². The van der Waals surface area contributed by atoms with E-state index in [1.807, 2.05) is 24.9 Å². The van der Waals surface area contributed by atoms with Crippen LogP contribution in [0.1, 0.15) is 33.1 Å². The lowest BCUT2D eigenvalue weighted by Gasteiger charge is -2.41. The van der Waals surface area contributed by atoms with Crippen LogP contribution in [-0.2, 0) is 0 Å². The van der Waals surface area contributed by atoms with Crippen molar-refractivity contribution >= 4 is 41.7 Å². The smallest absolute Gasteiger partial charge is 0.191 e. The van der Waals surface area contributed by atoms with Crippen LogP contribution in [0.25, 0.3) is 0 Å². The highest BCUT2D eigenvalue weighted by Gasteiger charge is 2.27. The molecule has 0 saturated carbocycles. The van der Waals surface area contributed by atoms with Crippen molar-refractivity contribution < 1.29 is 0 Å². The highest BCUT2D eigenvalue weighted by molar-refractivity contribution is 14.0. The van der Waals surface area contributed by atoms with E-state index in [2.05, 4.69) is 41.0 Å². The van der Waals surface area contributed by atoms with Crippen LogP contribution in [0.15, 0.2) is 17.6 Å². The molecule has 1 aliphatic heterocycles. The minimum Gasteiger partial charge on any atom is -0.356 e. The number of hydrogen-bond acceptors (Lipinski definition) is 3. The predicted molar refractivity (Wildman–Crippen MR) is 112 cm³/mol. The van der Waals surface area contributed by atoms with Crippen LogP contribution >= 0.6 is 35.7 Å². The zero-order chi connectivity index (χ0) is 15.6. The molecule has 1 fully saturated rings. The number of nitrogens with zero attached hydrogens (tertiary/aromatic N) is 2. The Morgan fingerprint density at radius 2 is 1.95 bits per heavy atom. The number of guanidine groups is 1. The number of likely N-dealkylation sites (tertiary alicyclic amines) is 1. The minimum atomic E-state index is 0. The van der Waals surface area contributed by atoms with Crippen LogP contribution in [0, 0.1) is 0 Å². The zero-order valence-electron chi connectivity index (χ0n) is 14.4. The van der Waals surface area contributed by atoms with Gasteiger partial charge in [-0.15, -0.1) is 30.6 Å². The van der Waals surface area contributed by atoms with E-state index in [9.17, 15) is 0 Å². The maximum atomic E-state index is 4.30. The van der Waals surface area contributed by atoms with Gasteiger partial charge in [0.15, 0.2) is 5.96 Å². The van der Waals surface area contributed by atoms with Gasteiger partial charge in [0, 0.05) is 37.2 Å². The highest BCUT2D eigenvalue weighted by Crippen LogP contribution is 2.19. The Kier molecular flexibility index (Phi) is 12.5. The molecule has 0 aromatic rings. The van der Waals surface area contributed by atoms with Crippen molar-refractivity contribution in [2.75, 3.05) is 44.7 Å². The quantitative estimate of drug-likeness (QED) is 0.200. The average Bonchev–Trinajstić information content (AvgIpc) is 2.51.